The Morgan fingerprint density at radius 3 is 2.36 bits per heavy atom. The first-order valence-electron chi connectivity index (χ1n) is 8.09. The monoisotopic (exact) mass is 360 g/mol. The van der Waals surface area contributed by atoms with Crippen LogP contribution in [0, 0.1) is 0 Å². The number of carbonyl (C=O) groups is 1. The van der Waals surface area contributed by atoms with Gasteiger partial charge in [-0.15, -0.1) is 0 Å². The first kappa shape index (κ1) is 17.4. The molecule has 1 fully saturated rings. The van der Waals surface area contributed by atoms with Crippen LogP contribution in [0.15, 0.2) is 59.5 Å². The molecule has 1 aliphatic rings. The summed E-state index contributed by atoms with van der Waals surface area (Å²) in [6, 6.07) is 15.6. The zero-order valence-electron chi connectivity index (χ0n) is 13.6. The number of benzene rings is 2. The zero-order valence-corrected chi connectivity index (χ0v) is 14.5. The van der Waals surface area contributed by atoms with E-state index in [1.165, 1.54) is 12.1 Å². The third-order valence-corrected chi connectivity index (χ3v) is 5.17. The van der Waals surface area contributed by atoms with Gasteiger partial charge < -0.3 is 10.1 Å². The van der Waals surface area contributed by atoms with Crippen molar-refractivity contribution in [3.63, 3.8) is 0 Å². The van der Waals surface area contributed by atoms with Crippen molar-refractivity contribution in [1.29, 1.82) is 0 Å². The summed E-state index contributed by atoms with van der Waals surface area (Å²) in [5.74, 6) is 0.289. The van der Waals surface area contributed by atoms with E-state index in [-0.39, 0.29) is 24.0 Å². The van der Waals surface area contributed by atoms with Gasteiger partial charge >= 0.3 is 0 Å². The van der Waals surface area contributed by atoms with Crippen molar-refractivity contribution in [2.75, 3.05) is 6.61 Å². The molecular weight excluding hydrogens is 340 g/mol. The molecule has 25 heavy (non-hydrogen) atoms. The molecule has 1 saturated carbocycles. The molecule has 0 bridgehead atoms. The predicted octanol–water partition coefficient (Wildman–Crippen LogP) is 1.82. The fraction of sp³-hybridized carbons (Fsp3) is 0.278. The van der Waals surface area contributed by atoms with Crippen molar-refractivity contribution in [3.05, 3.63) is 60.2 Å². The first-order valence-corrected chi connectivity index (χ1v) is 9.57. The minimum absolute atomic E-state index is 0.0745. The minimum Gasteiger partial charge on any atom is -0.484 e. The summed E-state index contributed by atoms with van der Waals surface area (Å²) in [5, 5.41) is 2.82. The minimum atomic E-state index is -3.60. The second kappa shape index (κ2) is 7.67. The van der Waals surface area contributed by atoms with Crippen LogP contribution in [0.4, 0.5) is 0 Å². The van der Waals surface area contributed by atoms with E-state index in [0.29, 0.717) is 11.8 Å². The third kappa shape index (κ3) is 5.30. The molecule has 1 amide bonds. The lowest BCUT2D eigenvalue weighted by Crippen LogP contribution is -2.30. The molecule has 0 unspecified atom stereocenters. The van der Waals surface area contributed by atoms with Crippen molar-refractivity contribution in [2.45, 2.75) is 30.3 Å². The van der Waals surface area contributed by atoms with Crippen molar-refractivity contribution >= 4 is 15.9 Å². The van der Waals surface area contributed by atoms with Crippen LogP contribution in [0.5, 0.6) is 5.75 Å². The van der Waals surface area contributed by atoms with E-state index in [4.69, 9.17) is 4.74 Å². The van der Waals surface area contributed by atoms with Gasteiger partial charge in [0, 0.05) is 12.6 Å². The summed E-state index contributed by atoms with van der Waals surface area (Å²) in [6.07, 6.45) is 2.04. The highest BCUT2D eigenvalue weighted by Gasteiger charge is 2.23. The molecule has 0 radical (unpaired) electrons. The Labute approximate surface area is 147 Å². The summed E-state index contributed by atoms with van der Waals surface area (Å²) in [6.45, 7) is 0.150. The maximum atomic E-state index is 12.3. The Morgan fingerprint density at radius 1 is 1.04 bits per heavy atom. The maximum Gasteiger partial charge on any atom is 0.258 e. The summed E-state index contributed by atoms with van der Waals surface area (Å²) in [5.41, 5.74) is 0.882. The van der Waals surface area contributed by atoms with Gasteiger partial charge in [-0.05, 0) is 42.7 Å². The average Bonchev–Trinajstić information content (AvgIpc) is 3.43. The SMILES string of the molecule is O=C(COc1ccc(S(=O)(=O)NCc2ccccc2)cc1)NC1CC1. The van der Waals surface area contributed by atoms with E-state index in [9.17, 15) is 13.2 Å². The number of hydrogen-bond acceptors (Lipinski definition) is 4. The smallest absolute Gasteiger partial charge is 0.258 e. The van der Waals surface area contributed by atoms with E-state index >= 15 is 0 Å². The Hall–Kier alpha value is -2.38. The van der Waals surface area contributed by atoms with Crippen LogP contribution >= 0.6 is 0 Å². The van der Waals surface area contributed by atoms with E-state index in [1.807, 2.05) is 30.3 Å². The largest absolute Gasteiger partial charge is 0.484 e. The molecule has 2 aromatic rings. The highest BCUT2D eigenvalue weighted by molar-refractivity contribution is 7.89. The second-order valence-electron chi connectivity index (χ2n) is 5.91. The molecule has 0 aromatic heterocycles. The van der Waals surface area contributed by atoms with Crippen LogP contribution in [0.3, 0.4) is 0 Å². The molecule has 3 rings (SSSR count). The molecular formula is C18H20N2O4S. The summed E-state index contributed by atoms with van der Waals surface area (Å²) in [4.78, 5) is 11.7. The summed E-state index contributed by atoms with van der Waals surface area (Å²) >= 11 is 0. The van der Waals surface area contributed by atoms with Gasteiger partial charge in [-0.1, -0.05) is 30.3 Å². The van der Waals surface area contributed by atoms with Crippen LogP contribution in [0.1, 0.15) is 18.4 Å². The van der Waals surface area contributed by atoms with Gasteiger partial charge in [0.2, 0.25) is 10.0 Å². The van der Waals surface area contributed by atoms with Crippen LogP contribution in [0.2, 0.25) is 0 Å². The molecule has 0 saturated heterocycles. The Kier molecular flexibility index (Phi) is 5.35. The van der Waals surface area contributed by atoms with Gasteiger partial charge in [0.15, 0.2) is 6.61 Å². The van der Waals surface area contributed by atoms with Crippen molar-refractivity contribution in [2.24, 2.45) is 0 Å². The lowest BCUT2D eigenvalue weighted by Gasteiger charge is -2.09. The highest BCUT2D eigenvalue weighted by atomic mass is 32.2. The van der Waals surface area contributed by atoms with Crippen molar-refractivity contribution in [3.8, 4) is 5.75 Å². The van der Waals surface area contributed by atoms with E-state index in [2.05, 4.69) is 10.0 Å². The fourth-order valence-corrected chi connectivity index (χ4v) is 3.24. The third-order valence-electron chi connectivity index (χ3n) is 3.76. The molecule has 1 aliphatic carbocycles. The molecule has 2 N–H and O–H groups in total. The van der Waals surface area contributed by atoms with Gasteiger partial charge in [0.05, 0.1) is 4.90 Å². The van der Waals surface area contributed by atoms with Gasteiger partial charge in [0.25, 0.3) is 5.91 Å². The Bertz CT molecular complexity index is 816. The Balaban J connectivity index is 1.53. The van der Waals surface area contributed by atoms with Crippen molar-refractivity contribution in [1.82, 2.24) is 10.0 Å². The molecule has 2 aromatic carbocycles. The number of sulfonamides is 1. The second-order valence-corrected chi connectivity index (χ2v) is 7.68. The number of nitrogens with one attached hydrogen (secondary N) is 2. The van der Waals surface area contributed by atoms with Crippen LogP contribution in [-0.2, 0) is 21.4 Å². The molecule has 0 aliphatic heterocycles. The first-order chi connectivity index (χ1) is 12.0. The van der Waals surface area contributed by atoms with Gasteiger partial charge in [-0.2, -0.15) is 0 Å². The topological polar surface area (TPSA) is 84.5 Å². The highest BCUT2D eigenvalue weighted by Crippen LogP contribution is 2.19. The number of hydrogen-bond donors (Lipinski definition) is 2. The molecule has 0 atom stereocenters. The number of carbonyl (C=O) groups excluding carboxylic acids is 1. The van der Waals surface area contributed by atoms with Crippen LogP contribution < -0.4 is 14.8 Å². The van der Waals surface area contributed by atoms with E-state index in [0.717, 1.165) is 18.4 Å². The fourth-order valence-electron chi connectivity index (χ4n) is 2.22. The van der Waals surface area contributed by atoms with Gasteiger partial charge in [-0.3, -0.25) is 4.79 Å². The number of ether oxygens (including phenoxy) is 1. The van der Waals surface area contributed by atoms with Crippen molar-refractivity contribution < 1.29 is 17.9 Å². The van der Waals surface area contributed by atoms with Crippen LogP contribution in [-0.4, -0.2) is 27.0 Å². The average molecular weight is 360 g/mol. The van der Waals surface area contributed by atoms with E-state index < -0.39 is 10.0 Å². The lowest BCUT2D eigenvalue weighted by atomic mass is 10.2. The molecule has 0 heterocycles. The molecule has 132 valence electrons. The number of amides is 1. The normalized spacial score (nSPS) is 14.1. The molecule has 6 nitrogen and oxygen atoms in total. The summed E-state index contributed by atoms with van der Waals surface area (Å²) in [7, 11) is -3.60. The van der Waals surface area contributed by atoms with E-state index in [1.54, 1.807) is 12.1 Å². The summed E-state index contributed by atoms with van der Waals surface area (Å²) < 4.78 is 32.5. The van der Waals surface area contributed by atoms with Crippen LogP contribution in [0.25, 0.3) is 0 Å². The molecule has 7 heteroatoms. The standard InChI is InChI=1S/C18H20N2O4S/c21-18(20-15-6-7-15)13-24-16-8-10-17(11-9-16)25(22,23)19-12-14-4-2-1-3-5-14/h1-5,8-11,15,19H,6-7,12-13H2,(H,20,21). The Morgan fingerprint density at radius 2 is 1.72 bits per heavy atom. The predicted molar refractivity (Wildman–Crippen MR) is 93.6 cm³/mol. The van der Waals surface area contributed by atoms with Gasteiger partial charge in [-0.25, -0.2) is 13.1 Å². The zero-order chi connectivity index (χ0) is 17.7. The van der Waals surface area contributed by atoms with Gasteiger partial charge in [0.1, 0.15) is 5.75 Å². The maximum absolute atomic E-state index is 12.3. The molecule has 0 spiro atoms. The quantitative estimate of drug-likeness (QED) is 0.752. The lowest BCUT2D eigenvalue weighted by molar-refractivity contribution is -0.123. The number of rotatable bonds is 8.